The highest BCUT2D eigenvalue weighted by Crippen LogP contribution is 2.29. The average molecular weight is 443 g/mol. The molecule has 1 aromatic heterocycles. The van der Waals surface area contributed by atoms with Gasteiger partial charge in [-0.2, -0.15) is 5.26 Å². The average Bonchev–Trinajstić information content (AvgIpc) is 3.44. The lowest BCUT2D eigenvalue weighted by Crippen LogP contribution is -2.48. The first-order valence-electron chi connectivity index (χ1n) is 10.6. The van der Waals surface area contributed by atoms with Gasteiger partial charge in [0.25, 0.3) is 0 Å². The molecule has 2 fully saturated rings. The summed E-state index contributed by atoms with van der Waals surface area (Å²) in [6, 6.07) is 8.48. The monoisotopic (exact) mass is 442 g/mol. The summed E-state index contributed by atoms with van der Waals surface area (Å²) in [6.45, 7) is 1.68. The molecular formula is C22H26N4O4S. The van der Waals surface area contributed by atoms with E-state index in [0.29, 0.717) is 23.4 Å². The topological polar surface area (TPSA) is 105 Å². The minimum absolute atomic E-state index is 0.00935. The lowest BCUT2D eigenvalue weighted by Gasteiger charge is -2.34. The van der Waals surface area contributed by atoms with E-state index in [1.54, 1.807) is 42.3 Å². The molecule has 0 unspecified atom stereocenters. The molecule has 4 rings (SSSR count). The van der Waals surface area contributed by atoms with Crippen molar-refractivity contribution in [1.29, 1.82) is 5.26 Å². The smallest absolute Gasteiger partial charge is 0.333 e. The zero-order chi connectivity index (χ0) is 22.2. The fraction of sp³-hybridized carbons (Fsp3) is 0.500. The van der Waals surface area contributed by atoms with Crippen LogP contribution in [0.4, 0.5) is 0 Å². The van der Waals surface area contributed by atoms with Crippen molar-refractivity contribution in [2.45, 2.75) is 57.7 Å². The lowest BCUT2D eigenvalue weighted by atomic mass is 10.1. The molecule has 1 atom stereocenters. The maximum absolute atomic E-state index is 13.3. The SMILES string of the molecule is Cc1cn(CC(=O)N(C2CCCC2)[C@@H]2CCS(=O)(=O)C2)c(=O)n1-c1ccc(C#N)cc1. The summed E-state index contributed by atoms with van der Waals surface area (Å²) in [5.41, 5.74) is 1.48. The van der Waals surface area contributed by atoms with Gasteiger partial charge >= 0.3 is 5.69 Å². The molecule has 1 amide bonds. The highest BCUT2D eigenvalue weighted by molar-refractivity contribution is 7.91. The molecule has 2 aromatic rings. The number of carbonyl (C=O) groups is 1. The van der Waals surface area contributed by atoms with E-state index in [0.717, 1.165) is 25.7 Å². The van der Waals surface area contributed by atoms with Gasteiger partial charge in [0.2, 0.25) is 5.91 Å². The van der Waals surface area contributed by atoms with E-state index in [1.165, 1.54) is 9.13 Å². The Morgan fingerprint density at radius 1 is 1.16 bits per heavy atom. The number of imidazole rings is 1. The number of aryl methyl sites for hydroxylation is 1. The van der Waals surface area contributed by atoms with Crippen LogP contribution in [-0.4, -0.2) is 51.9 Å². The van der Waals surface area contributed by atoms with Crippen LogP contribution in [0.15, 0.2) is 35.3 Å². The van der Waals surface area contributed by atoms with Crippen LogP contribution in [0.1, 0.15) is 43.4 Å². The maximum atomic E-state index is 13.3. The van der Waals surface area contributed by atoms with Gasteiger partial charge in [-0.3, -0.25) is 13.9 Å². The van der Waals surface area contributed by atoms with Crippen LogP contribution in [0.25, 0.3) is 5.69 Å². The molecular weight excluding hydrogens is 416 g/mol. The zero-order valence-corrected chi connectivity index (χ0v) is 18.3. The Morgan fingerprint density at radius 3 is 2.42 bits per heavy atom. The fourth-order valence-corrected chi connectivity index (χ4v) is 6.55. The highest BCUT2D eigenvalue weighted by atomic mass is 32.2. The van der Waals surface area contributed by atoms with Crippen LogP contribution >= 0.6 is 0 Å². The quantitative estimate of drug-likeness (QED) is 0.702. The van der Waals surface area contributed by atoms with Crippen LogP contribution in [0.3, 0.4) is 0 Å². The molecule has 9 heteroatoms. The second kappa shape index (κ2) is 8.35. The normalized spacial score (nSPS) is 20.6. The van der Waals surface area contributed by atoms with Gasteiger partial charge in [0, 0.05) is 24.0 Å². The van der Waals surface area contributed by atoms with Gasteiger partial charge in [0.1, 0.15) is 6.54 Å². The van der Waals surface area contributed by atoms with Gasteiger partial charge in [-0.1, -0.05) is 12.8 Å². The summed E-state index contributed by atoms with van der Waals surface area (Å²) in [5, 5.41) is 8.97. The Kier molecular flexibility index (Phi) is 5.75. The molecule has 0 N–H and O–H groups in total. The van der Waals surface area contributed by atoms with Crippen molar-refractivity contribution in [3.8, 4) is 11.8 Å². The summed E-state index contributed by atoms with van der Waals surface area (Å²) in [5.74, 6) is -0.0781. The molecule has 31 heavy (non-hydrogen) atoms. The van der Waals surface area contributed by atoms with Crippen molar-refractivity contribution in [2.24, 2.45) is 0 Å². The van der Waals surface area contributed by atoms with Crippen molar-refractivity contribution in [3.63, 3.8) is 0 Å². The highest BCUT2D eigenvalue weighted by Gasteiger charge is 2.39. The van der Waals surface area contributed by atoms with E-state index < -0.39 is 9.84 Å². The van der Waals surface area contributed by atoms with Crippen molar-refractivity contribution in [3.05, 3.63) is 52.2 Å². The molecule has 1 aliphatic heterocycles. The first-order valence-corrected chi connectivity index (χ1v) is 12.4. The van der Waals surface area contributed by atoms with E-state index in [1.807, 2.05) is 0 Å². The van der Waals surface area contributed by atoms with Gasteiger partial charge in [-0.05, 0) is 50.5 Å². The molecule has 1 aliphatic carbocycles. The van der Waals surface area contributed by atoms with E-state index in [9.17, 15) is 18.0 Å². The first-order chi connectivity index (χ1) is 14.8. The maximum Gasteiger partial charge on any atom is 0.333 e. The third-order valence-corrected chi connectivity index (χ3v) is 8.05. The minimum Gasteiger partial charge on any atom is -0.334 e. The van der Waals surface area contributed by atoms with E-state index in [2.05, 4.69) is 6.07 Å². The first kappa shape index (κ1) is 21.4. The second-order valence-electron chi connectivity index (χ2n) is 8.47. The third kappa shape index (κ3) is 4.30. The molecule has 2 aliphatic rings. The molecule has 8 nitrogen and oxygen atoms in total. The van der Waals surface area contributed by atoms with Crippen molar-refractivity contribution in [1.82, 2.24) is 14.0 Å². The molecule has 0 radical (unpaired) electrons. The number of aromatic nitrogens is 2. The Labute approximate surface area is 181 Å². The predicted molar refractivity (Wildman–Crippen MR) is 116 cm³/mol. The van der Waals surface area contributed by atoms with Crippen LogP contribution in [0.2, 0.25) is 0 Å². The molecule has 1 saturated carbocycles. The number of amides is 1. The third-order valence-electron chi connectivity index (χ3n) is 6.30. The number of carbonyl (C=O) groups excluding carboxylic acids is 1. The molecule has 1 aromatic carbocycles. The fourth-order valence-electron chi connectivity index (χ4n) is 4.84. The van der Waals surface area contributed by atoms with Crippen molar-refractivity contribution >= 4 is 15.7 Å². The van der Waals surface area contributed by atoms with Crippen LogP contribution in [0.5, 0.6) is 0 Å². The van der Waals surface area contributed by atoms with Gasteiger partial charge in [-0.15, -0.1) is 0 Å². The van der Waals surface area contributed by atoms with Gasteiger partial charge in [0.05, 0.1) is 28.8 Å². The largest absolute Gasteiger partial charge is 0.334 e. The number of benzene rings is 1. The molecule has 2 heterocycles. The van der Waals surface area contributed by atoms with Crippen LogP contribution in [0, 0.1) is 18.3 Å². The number of sulfone groups is 1. The minimum atomic E-state index is -3.12. The molecule has 0 bridgehead atoms. The van der Waals surface area contributed by atoms with Crippen LogP contribution in [-0.2, 0) is 21.2 Å². The summed E-state index contributed by atoms with van der Waals surface area (Å²) in [6.07, 6.45) is 5.93. The zero-order valence-electron chi connectivity index (χ0n) is 17.5. The van der Waals surface area contributed by atoms with E-state index >= 15 is 0 Å². The number of hydrogen-bond donors (Lipinski definition) is 0. The number of hydrogen-bond acceptors (Lipinski definition) is 5. The standard InChI is InChI=1S/C22H26N4O4S/c1-16-13-24(22(28)25(16)19-8-6-17(12-23)7-9-19)14-21(27)26(18-4-2-3-5-18)20-10-11-31(29,30)15-20/h6-9,13,18,20H,2-5,10-11,14-15H2,1H3/t20-/m1/s1. The summed E-state index contributed by atoms with van der Waals surface area (Å²) < 4.78 is 27.0. The molecule has 164 valence electrons. The Bertz CT molecular complexity index is 1180. The van der Waals surface area contributed by atoms with E-state index in [-0.39, 0.29) is 41.7 Å². The molecule has 0 spiro atoms. The van der Waals surface area contributed by atoms with Crippen LogP contribution < -0.4 is 5.69 Å². The van der Waals surface area contributed by atoms with E-state index in [4.69, 9.17) is 5.26 Å². The van der Waals surface area contributed by atoms with Gasteiger partial charge < -0.3 is 4.90 Å². The van der Waals surface area contributed by atoms with Crippen molar-refractivity contribution in [2.75, 3.05) is 11.5 Å². The number of rotatable bonds is 5. The Hall–Kier alpha value is -2.86. The number of nitrogens with zero attached hydrogens (tertiary/aromatic N) is 4. The van der Waals surface area contributed by atoms with Gasteiger partial charge in [0.15, 0.2) is 9.84 Å². The summed E-state index contributed by atoms with van der Waals surface area (Å²) in [4.78, 5) is 28.1. The Balaban J connectivity index is 1.60. The lowest BCUT2D eigenvalue weighted by molar-refractivity contribution is -0.136. The second-order valence-corrected chi connectivity index (χ2v) is 10.7. The van der Waals surface area contributed by atoms with Gasteiger partial charge in [-0.25, -0.2) is 13.2 Å². The predicted octanol–water partition coefficient (Wildman–Crippen LogP) is 1.78. The Morgan fingerprint density at radius 2 is 1.84 bits per heavy atom. The van der Waals surface area contributed by atoms with Crippen molar-refractivity contribution < 1.29 is 13.2 Å². The number of nitriles is 1. The molecule has 1 saturated heterocycles. The summed E-state index contributed by atoms with van der Waals surface area (Å²) >= 11 is 0. The summed E-state index contributed by atoms with van der Waals surface area (Å²) in [7, 11) is -3.12.